The van der Waals surface area contributed by atoms with Gasteiger partial charge in [0, 0.05) is 24.7 Å². The number of furan rings is 1. The van der Waals surface area contributed by atoms with Crippen LogP contribution >= 0.6 is 0 Å². The molecule has 1 aromatic heterocycles. The number of hydrogen-bond acceptors (Lipinski definition) is 3. The Morgan fingerprint density at radius 3 is 2.26 bits per heavy atom. The molecule has 3 atom stereocenters. The lowest BCUT2D eigenvalue weighted by Gasteiger charge is -2.36. The third-order valence-corrected chi connectivity index (χ3v) is 4.16. The van der Waals surface area contributed by atoms with Gasteiger partial charge in [0.1, 0.15) is 11.5 Å². The lowest BCUT2D eigenvalue weighted by Crippen LogP contribution is -2.43. The van der Waals surface area contributed by atoms with E-state index in [0.29, 0.717) is 17.9 Å². The second-order valence-corrected chi connectivity index (χ2v) is 6.37. The fourth-order valence-corrected chi connectivity index (χ4v) is 3.16. The Kier molecular flexibility index (Phi) is 4.69. The van der Waals surface area contributed by atoms with E-state index in [0.717, 1.165) is 37.7 Å². The summed E-state index contributed by atoms with van der Waals surface area (Å²) in [6.07, 6.45) is 0. The average molecular weight is 264 g/mol. The molecule has 1 aliphatic heterocycles. The van der Waals surface area contributed by atoms with Gasteiger partial charge in [0.25, 0.3) is 0 Å². The maximum absolute atomic E-state index is 5.70. The summed E-state index contributed by atoms with van der Waals surface area (Å²) in [6.45, 7) is 15.6. The molecule has 0 aliphatic carbocycles. The molecule has 19 heavy (non-hydrogen) atoms. The molecule has 0 amide bonds. The van der Waals surface area contributed by atoms with Crippen LogP contribution in [0.25, 0.3) is 0 Å². The standard InChI is InChI=1S/C16H28N2O/c1-11-7-17-8-12(2)10-18(9-11)14(4)16-6-13(3)19-15(16)5/h6,11-12,14,17H,7-10H2,1-5H3. The molecule has 0 saturated carbocycles. The first-order valence-electron chi connectivity index (χ1n) is 7.49. The van der Waals surface area contributed by atoms with E-state index in [9.17, 15) is 0 Å². The van der Waals surface area contributed by atoms with Crippen molar-refractivity contribution in [3.05, 3.63) is 23.2 Å². The molecule has 2 heterocycles. The number of nitrogens with zero attached hydrogens (tertiary/aromatic N) is 1. The summed E-state index contributed by atoms with van der Waals surface area (Å²) in [5, 5.41) is 3.56. The second kappa shape index (κ2) is 6.10. The Labute approximate surface area is 117 Å². The van der Waals surface area contributed by atoms with Crippen LogP contribution in [-0.2, 0) is 0 Å². The molecule has 0 aromatic carbocycles. The molecule has 0 bridgehead atoms. The van der Waals surface area contributed by atoms with Gasteiger partial charge < -0.3 is 9.73 Å². The largest absolute Gasteiger partial charge is 0.466 e. The van der Waals surface area contributed by atoms with Gasteiger partial charge >= 0.3 is 0 Å². The van der Waals surface area contributed by atoms with Gasteiger partial charge in [-0.3, -0.25) is 4.90 Å². The van der Waals surface area contributed by atoms with Crippen LogP contribution in [0.2, 0.25) is 0 Å². The monoisotopic (exact) mass is 264 g/mol. The molecule has 1 saturated heterocycles. The van der Waals surface area contributed by atoms with E-state index in [1.54, 1.807) is 0 Å². The fourth-order valence-electron chi connectivity index (χ4n) is 3.16. The minimum absolute atomic E-state index is 0.445. The first-order valence-corrected chi connectivity index (χ1v) is 7.49. The topological polar surface area (TPSA) is 28.4 Å². The molecule has 108 valence electrons. The predicted octanol–water partition coefficient (Wildman–Crippen LogP) is 3.13. The molecule has 3 nitrogen and oxygen atoms in total. The highest BCUT2D eigenvalue weighted by atomic mass is 16.3. The van der Waals surface area contributed by atoms with Gasteiger partial charge in [-0.25, -0.2) is 0 Å². The van der Waals surface area contributed by atoms with Crippen molar-refractivity contribution in [2.75, 3.05) is 26.2 Å². The van der Waals surface area contributed by atoms with Crippen molar-refractivity contribution < 1.29 is 4.42 Å². The smallest absolute Gasteiger partial charge is 0.105 e. The maximum Gasteiger partial charge on any atom is 0.105 e. The van der Waals surface area contributed by atoms with Crippen LogP contribution in [0.1, 0.15) is 43.9 Å². The van der Waals surface area contributed by atoms with Crippen molar-refractivity contribution in [3.8, 4) is 0 Å². The van der Waals surface area contributed by atoms with Crippen LogP contribution in [0.5, 0.6) is 0 Å². The van der Waals surface area contributed by atoms with E-state index >= 15 is 0 Å². The molecule has 1 aliphatic rings. The van der Waals surface area contributed by atoms with Gasteiger partial charge in [-0.15, -0.1) is 0 Å². The van der Waals surface area contributed by atoms with E-state index in [4.69, 9.17) is 4.42 Å². The molecule has 0 radical (unpaired) electrons. The Balaban J connectivity index is 2.14. The van der Waals surface area contributed by atoms with Gasteiger partial charge in [0.2, 0.25) is 0 Å². The van der Waals surface area contributed by atoms with Crippen molar-refractivity contribution in [1.82, 2.24) is 10.2 Å². The van der Waals surface area contributed by atoms with Crippen molar-refractivity contribution in [1.29, 1.82) is 0 Å². The van der Waals surface area contributed by atoms with Crippen LogP contribution in [0.15, 0.2) is 10.5 Å². The van der Waals surface area contributed by atoms with Crippen LogP contribution in [0.4, 0.5) is 0 Å². The predicted molar refractivity (Wildman–Crippen MR) is 79.4 cm³/mol. The van der Waals surface area contributed by atoms with Crippen LogP contribution in [0, 0.1) is 25.7 Å². The van der Waals surface area contributed by atoms with Crippen molar-refractivity contribution >= 4 is 0 Å². The maximum atomic E-state index is 5.70. The minimum Gasteiger partial charge on any atom is -0.466 e. The normalized spacial score (nSPS) is 27.8. The summed E-state index contributed by atoms with van der Waals surface area (Å²) >= 11 is 0. The molecular weight excluding hydrogens is 236 g/mol. The quantitative estimate of drug-likeness (QED) is 0.889. The Morgan fingerprint density at radius 2 is 1.79 bits per heavy atom. The van der Waals surface area contributed by atoms with Gasteiger partial charge in [-0.05, 0) is 51.8 Å². The van der Waals surface area contributed by atoms with E-state index in [1.165, 1.54) is 5.56 Å². The summed E-state index contributed by atoms with van der Waals surface area (Å²) in [6, 6.07) is 2.65. The Hall–Kier alpha value is -0.800. The average Bonchev–Trinajstić information content (AvgIpc) is 2.64. The van der Waals surface area contributed by atoms with Gasteiger partial charge in [0.05, 0.1) is 0 Å². The molecule has 2 rings (SSSR count). The lowest BCUT2D eigenvalue weighted by atomic mass is 10.0. The number of rotatable bonds is 2. The summed E-state index contributed by atoms with van der Waals surface area (Å²) in [7, 11) is 0. The van der Waals surface area contributed by atoms with Gasteiger partial charge in [0.15, 0.2) is 0 Å². The fraction of sp³-hybridized carbons (Fsp3) is 0.750. The van der Waals surface area contributed by atoms with Gasteiger partial charge in [-0.1, -0.05) is 13.8 Å². The molecule has 3 heteroatoms. The SMILES string of the molecule is Cc1cc(C(C)N2CC(C)CNCC(C)C2)c(C)o1. The zero-order valence-electron chi connectivity index (χ0n) is 13.0. The van der Waals surface area contributed by atoms with Crippen LogP contribution < -0.4 is 5.32 Å². The number of aryl methyl sites for hydroxylation is 2. The summed E-state index contributed by atoms with van der Waals surface area (Å²) in [5.74, 6) is 3.49. The highest BCUT2D eigenvalue weighted by Crippen LogP contribution is 2.28. The third-order valence-electron chi connectivity index (χ3n) is 4.16. The van der Waals surface area contributed by atoms with E-state index in [2.05, 4.69) is 44.0 Å². The van der Waals surface area contributed by atoms with Crippen molar-refractivity contribution in [2.24, 2.45) is 11.8 Å². The lowest BCUT2D eigenvalue weighted by molar-refractivity contribution is 0.141. The summed E-state index contributed by atoms with van der Waals surface area (Å²) in [5.41, 5.74) is 1.35. The third kappa shape index (κ3) is 3.61. The molecule has 0 spiro atoms. The van der Waals surface area contributed by atoms with E-state index in [1.807, 2.05) is 6.92 Å². The highest BCUT2D eigenvalue weighted by molar-refractivity contribution is 5.23. The molecule has 1 fully saturated rings. The molecule has 1 aromatic rings. The summed E-state index contributed by atoms with van der Waals surface area (Å²) in [4.78, 5) is 2.62. The Bertz CT molecular complexity index is 401. The van der Waals surface area contributed by atoms with Crippen LogP contribution in [0.3, 0.4) is 0 Å². The number of nitrogens with one attached hydrogen (secondary N) is 1. The second-order valence-electron chi connectivity index (χ2n) is 6.37. The zero-order valence-corrected chi connectivity index (χ0v) is 13.0. The first-order chi connectivity index (χ1) is 8.97. The van der Waals surface area contributed by atoms with E-state index < -0.39 is 0 Å². The van der Waals surface area contributed by atoms with Crippen molar-refractivity contribution in [2.45, 2.75) is 40.7 Å². The molecule has 1 N–H and O–H groups in total. The molecular formula is C16H28N2O. The van der Waals surface area contributed by atoms with Crippen LogP contribution in [-0.4, -0.2) is 31.1 Å². The van der Waals surface area contributed by atoms with Gasteiger partial charge in [-0.2, -0.15) is 0 Å². The summed E-state index contributed by atoms with van der Waals surface area (Å²) < 4.78 is 5.70. The minimum atomic E-state index is 0.445. The van der Waals surface area contributed by atoms with E-state index in [-0.39, 0.29) is 0 Å². The Morgan fingerprint density at radius 1 is 1.21 bits per heavy atom. The first kappa shape index (κ1) is 14.6. The number of hydrogen-bond donors (Lipinski definition) is 1. The van der Waals surface area contributed by atoms with Crippen molar-refractivity contribution in [3.63, 3.8) is 0 Å². The zero-order chi connectivity index (χ0) is 14.0. The highest BCUT2D eigenvalue weighted by Gasteiger charge is 2.24. The molecule has 3 unspecified atom stereocenters.